The Kier molecular flexibility index (Phi) is 3.07. The predicted octanol–water partition coefficient (Wildman–Crippen LogP) is 3.38. The van der Waals surface area contributed by atoms with E-state index in [1.165, 1.54) is 6.07 Å². The van der Waals surface area contributed by atoms with Crippen molar-refractivity contribution in [1.82, 2.24) is 0 Å². The van der Waals surface area contributed by atoms with E-state index >= 15 is 0 Å². The van der Waals surface area contributed by atoms with Crippen LogP contribution >= 0.6 is 0 Å². The molecule has 80 valence electrons. The molecule has 0 bridgehead atoms. The van der Waals surface area contributed by atoms with Crippen LogP contribution in [0.5, 0.6) is 0 Å². The number of hydrogen-bond donors (Lipinski definition) is 0. The van der Waals surface area contributed by atoms with Gasteiger partial charge in [0.05, 0.1) is 5.56 Å². The van der Waals surface area contributed by atoms with Gasteiger partial charge in [-0.2, -0.15) is 0 Å². The first-order chi connectivity index (χ1) is 7.79. The van der Waals surface area contributed by atoms with E-state index in [1.54, 1.807) is 24.3 Å². The molecule has 0 atom stereocenters. The van der Waals surface area contributed by atoms with Gasteiger partial charge in [-0.25, -0.2) is 4.39 Å². The molecular formula is C14H11FO. The van der Waals surface area contributed by atoms with Crippen molar-refractivity contribution >= 4 is 0 Å². The number of hydrogen-bond acceptors (Lipinski definition) is 1. The number of aryl methyl sites for hydroxylation is 1. The first kappa shape index (κ1) is 10.5. The van der Waals surface area contributed by atoms with Crippen molar-refractivity contribution in [2.75, 3.05) is 0 Å². The first-order valence-corrected chi connectivity index (χ1v) is 5.15. The lowest BCUT2D eigenvalue weighted by Gasteiger charge is -1.90. The van der Waals surface area contributed by atoms with Gasteiger partial charge in [0.25, 0.3) is 0 Å². The van der Waals surface area contributed by atoms with E-state index in [9.17, 15) is 4.39 Å². The van der Waals surface area contributed by atoms with E-state index in [4.69, 9.17) is 4.42 Å². The number of furan rings is 1. The maximum atomic E-state index is 13.2. The van der Waals surface area contributed by atoms with Crippen molar-refractivity contribution in [3.05, 3.63) is 59.3 Å². The summed E-state index contributed by atoms with van der Waals surface area (Å²) in [4.78, 5) is 0. The van der Waals surface area contributed by atoms with E-state index in [0.29, 0.717) is 11.3 Å². The molecule has 0 fully saturated rings. The molecule has 0 N–H and O–H groups in total. The van der Waals surface area contributed by atoms with Crippen LogP contribution in [0.25, 0.3) is 0 Å². The van der Waals surface area contributed by atoms with Gasteiger partial charge in [-0.1, -0.05) is 25.0 Å². The summed E-state index contributed by atoms with van der Waals surface area (Å²) in [6.45, 7) is 2.01. The van der Waals surface area contributed by atoms with Crippen LogP contribution in [-0.4, -0.2) is 0 Å². The molecule has 16 heavy (non-hydrogen) atoms. The maximum Gasteiger partial charge on any atom is 0.177 e. The summed E-state index contributed by atoms with van der Waals surface area (Å²) in [5.41, 5.74) is 0.386. The largest absolute Gasteiger partial charge is 0.453 e. The van der Waals surface area contributed by atoms with Gasteiger partial charge in [-0.05, 0) is 30.2 Å². The Balaban J connectivity index is 2.25. The summed E-state index contributed by atoms with van der Waals surface area (Å²) in [5.74, 6) is 6.70. The minimum absolute atomic E-state index is 0.308. The van der Waals surface area contributed by atoms with Crippen LogP contribution in [0.1, 0.15) is 24.0 Å². The second-order valence-corrected chi connectivity index (χ2v) is 3.35. The quantitative estimate of drug-likeness (QED) is 0.663. The molecule has 0 amide bonds. The van der Waals surface area contributed by atoms with Crippen LogP contribution in [0.4, 0.5) is 4.39 Å². The average molecular weight is 214 g/mol. The van der Waals surface area contributed by atoms with Gasteiger partial charge < -0.3 is 4.42 Å². The number of halogens is 1. The third-order valence-corrected chi connectivity index (χ3v) is 2.20. The topological polar surface area (TPSA) is 13.1 Å². The van der Waals surface area contributed by atoms with E-state index in [0.717, 1.165) is 12.2 Å². The fourth-order valence-electron chi connectivity index (χ4n) is 1.33. The molecule has 1 nitrogen and oxygen atoms in total. The Hall–Kier alpha value is -2.01. The molecule has 0 aliphatic heterocycles. The highest BCUT2D eigenvalue weighted by Gasteiger charge is 1.97. The van der Waals surface area contributed by atoms with Gasteiger partial charge in [0.1, 0.15) is 11.6 Å². The SMILES string of the molecule is CCc1ccc(C#Cc2ccccc2F)o1. The lowest BCUT2D eigenvalue weighted by molar-refractivity contribution is 0.505. The zero-order chi connectivity index (χ0) is 11.4. The minimum atomic E-state index is -0.308. The molecule has 1 aromatic heterocycles. The lowest BCUT2D eigenvalue weighted by atomic mass is 10.2. The molecule has 2 heteroatoms. The highest BCUT2D eigenvalue weighted by atomic mass is 19.1. The molecule has 0 saturated carbocycles. The summed E-state index contributed by atoms with van der Waals surface area (Å²) in [7, 11) is 0. The summed E-state index contributed by atoms with van der Waals surface area (Å²) >= 11 is 0. The second kappa shape index (κ2) is 4.67. The molecule has 1 aromatic carbocycles. The van der Waals surface area contributed by atoms with Crippen LogP contribution in [-0.2, 0) is 6.42 Å². The molecule has 2 rings (SSSR count). The summed E-state index contributed by atoms with van der Waals surface area (Å²) in [6.07, 6.45) is 0.835. The molecule has 0 saturated heterocycles. The van der Waals surface area contributed by atoms with Gasteiger partial charge in [-0.3, -0.25) is 0 Å². The third-order valence-electron chi connectivity index (χ3n) is 2.20. The summed E-state index contributed by atoms with van der Waals surface area (Å²) in [5, 5.41) is 0. The van der Waals surface area contributed by atoms with Gasteiger partial charge in [0.15, 0.2) is 5.76 Å². The zero-order valence-corrected chi connectivity index (χ0v) is 8.96. The fraction of sp³-hybridized carbons (Fsp3) is 0.143. The molecule has 0 aliphatic carbocycles. The van der Waals surface area contributed by atoms with Crippen molar-refractivity contribution in [2.45, 2.75) is 13.3 Å². The van der Waals surface area contributed by atoms with Crippen molar-refractivity contribution in [3.8, 4) is 11.8 Å². The lowest BCUT2D eigenvalue weighted by Crippen LogP contribution is -1.80. The van der Waals surface area contributed by atoms with E-state index in [1.807, 2.05) is 13.0 Å². The number of benzene rings is 1. The van der Waals surface area contributed by atoms with Gasteiger partial charge >= 0.3 is 0 Å². The Labute approximate surface area is 93.9 Å². The van der Waals surface area contributed by atoms with Gasteiger partial charge in [0.2, 0.25) is 0 Å². The van der Waals surface area contributed by atoms with Crippen molar-refractivity contribution in [1.29, 1.82) is 0 Å². The smallest absolute Gasteiger partial charge is 0.177 e. The summed E-state index contributed by atoms with van der Waals surface area (Å²) < 4.78 is 18.6. The highest BCUT2D eigenvalue weighted by Crippen LogP contribution is 2.08. The molecule has 1 heterocycles. The molecule has 0 unspecified atom stereocenters. The average Bonchev–Trinajstić information content (AvgIpc) is 2.76. The standard InChI is InChI=1S/C14H11FO/c1-2-12-9-10-13(16-12)8-7-11-5-3-4-6-14(11)15/h3-6,9-10H,2H2,1H3. The Morgan fingerprint density at radius 3 is 2.62 bits per heavy atom. The van der Waals surface area contributed by atoms with Crippen molar-refractivity contribution < 1.29 is 8.81 Å². The zero-order valence-electron chi connectivity index (χ0n) is 8.96. The minimum Gasteiger partial charge on any atom is -0.453 e. The second-order valence-electron chi connectivity index (χ2n) is 3.35. The molecular weight excluding hydrogens is 203 g/mol. The van der Waals surface area contributed by atoms with Crippen LogP contribution in [0.2, 0.25) is 0 Å². The highest BCUT2D eigenvalue weighted by molar-refractivity contribution is 5.40. The van der Waals surface area contributed by atoms with Crippen LogP contribution in [0.3, 0.4) is 0 Å². The van der Waals surface area contributed by atoms with E-state index in [-0.39, 0.29) is 5.82 Å². The molecule has 2 aromatic rings. The predicted molar refractivity (Wildman–Crippen MR) is 60.5 cm³/mol. The monoisotopic (exact) mass is 214 g/mol. The van der Waals surface area contributed by atoms with Crippen LogP contribution in [0.15, 0.2) is 40.8 Å². The Morgan fingerprint density at radius 2 is 1.94 bits per heavy atom. The normalized spacial score (nSPS) is 9.62. The van der Waals surface area contributed by atoms with E-state index < -0.39 is 0 Å². The van der Waals surface area contributed by atoms with E-state index in [2.05, 4.69) is 11.8 Å². The Morgan fingerprint density at radius 1 is 1.12 bits per heavy atom. The fourth-order valence-corrected chi connectivity index (χ4v) is 1.33. The third kappa shape index (κ3) is 2.32. The van der Waals surface area contributed by atoms with Crippen molar-refractivity contribution in [3.63, 3.8) is 0 Å². The van der Waals surface area contributed by atoms with Gasteiger partial charge in [-0.15, -0.1) is 0 Å². The number of rotatable bonds is 1. The van der Waals surface area contributed by atoms with Crippen LogP contribution < -0.4 is 0 Å². The molecule has 0 spiro atoms. The maximum absolute atomic E-state index is 13.2. The molecule has 0 aliphatic rings. The Bertz CT molecular complexity index is 543. The van der Waals surface area contributed by atoms with Gasteiger partial charge in [0, 0.05) is 6.42 Å². The summed E-state index contributed by atoms with van der Waals surface area (Å²) in [6, 6.07) is 10.1. The molecule has 0 radical (unpaired) electrons. The first-order valence-electron chi connectivity index (χ1n) is 5.15. The van der Waals surface area contributed by atoms with Crippen molar-refractivity contribution in [2.24, 2.45) is 0 Å². The van der Waals surface area contributed by atoms with Crippen LogP contribution in [0, 0.1) is 17.7 Å².